The zero-order valence-corrected chi connectivity index (χ0v) is 17.3. The summed E-state index contributed by atoms with van der Waals surface area (Å²) in [6, 6.07) is 14.6. The Balaban J connectivity index is 1.45. The van der Waals surface area contributed by atoms with E-state index in [0.29, 0.717) is 17.2 Å². The molecule has 0 saturated carbocycles. The van der Waals surface area contributed by atoms with E-state index in [1.54, 1.807) is 24.3 Å². The quantitative estimate of drug-likeness (QED) is 0.747. The second-order valence-corrected chi connectivity index (χ2v) is 7.39. The lowest BCUT2D eigenvalue weighted by atomic mass is 10.2. The normalized spacial score (nSPS) is 13.9. The Labute approximate surface area is 176 Å². The van der Waals surface area contributed by atoms with Gasteiger partial charge in [0.1, 0.15) is 5.75 Å². The first-order valence-electron chi connectivity index (χ1n) is 9.86. The van der Waals surface area contributed by atoms with Crippen LogP contribution in [0.4, 0.5) is 11.4 Å². The zero-order chi connectivity index (χ0) is 20.6. The number of hydrogen-bond donors (Lipinski definition) is 1. The van der Waals surface area contributed by atoms with Gasteiger partial charge in [-0.05, 0) is 55.0 Å². The molecule has 0 aliphatic carbocycles. The van der Waals surface area contributed by atoms with Crippen LogP contribution in [0.1, 0.15) is 19.8 Å². The van der Waals surface area contributed by atoms with Crippen LogP contribution in [0.3, 0.4) is 0 Å². The molecule has 7 heteroatoms. The minimum Gasteiger partial charge on any atom is -0.484 e. The molecule has 0 spiro atoms. The van der Waals surface area contributed by atoms with Crippen molar-refractivity contribution in [1.29, 1.82) is 0 Å². The van der Waals surface area contributed by atoms with E-state index in [1.807, 2.05) is 36.1 Å². The average Bonchev–Trinajstić information content (AvgIpc) is 2.74. The number of ether oxygens (including phenoxy) is 1. The summed E-state index contributed by atoms with van der Waals surface area (Å²) in [7, 11) is 0. The highest BCUT2D eigenvalue weighted by Gasteiger charge is 2.20. The van der Waals surface area contributed by atoms with Crippen molar-refractivity contribution in [2.45, 2.75) is 19.8 Å². The van der Waals surface area contributed by atoms with Crippen LogP contribution in [0.25, 0.3) is 0 Å². The molecule has 2 amide bonds. The van der Waals surface area contributed by atoms with E-state index in [-0.39, 0.29) is 18.4 Å². The second-order valence-electron chi connectivity index (χ2n) is 6.96. The smallest absolute Gasteiger partial charge is 0.262 e. The summed E-state index contributed by atoms with van der Waals surface area (Å²) in [6.45, 7) is 5.08. The van der Waals surface area contributed by atoms with Gasteiger partial charge in [0.25, 0.3) is 5.91 Å². The van der Waals surface area contributed by atoms with Crippen molar-refractivity contribution in [2.24, 2.45) is 0 Å². The average molecular weight is 416 g/mol. The fourth-order valence-electron chi connectivity index (χ4n) is 3.22. The molecule has 154 valence electrons. The maximum absolute atomic E-state index is 12.1. The Morgan fingerprint density at radius 2 is 1.66 bits per heavy atom. The van der Waals surface area contributed by atoms with E-state index < -0.39 is 0 Å². The van der Waals surface area contributed by atoms with Crippen LogP contribution in [0, 0.1) is 0 Å². The molecule has 3 rings (SSSR count). The molecule has 1 aliphatic heterocycles. The van der Waals surface area contributed by atoms with E-state index >= 15 is 0 Å². The third kappa shape index (κ3) is 6.12. The third-order valence-electron chi connectivity index (χ3n) is 4.80. The van der Waals surface area contributed by atoms with Crippen LogP contribution >= 0.6 is 11.6 Å². The molecule has 1 aliphatic rings. The lowest BCUT2D eigenvalue weighted by molar-refractivity contribution is -0.131. The van der Waals surface area contributed by atoms with Crippen molar-refractivity contribution in [3.05, 3.63) is 53.6 Å². The lowest BCUT2D eigenvalue weighted by Gasteiger charge is -2.36. The number of benzene rings is 2. The first kappa shape index (κ1) is 21.0. The van der Waals surface area contributed by atoms with E-state index in [1.165, 1.54) is 0 Å². The molecule has 1 heterocycles. The Morgan fingerprint density at radius 3 is 2.28 bits per heavy atom. The van der Waals surface area contributed by atoms with Gasteiger partial charge in [-0.3, -0.25) is 9.59 Å². The summed E-state index contributed by atoms with van der Waals surface area (Å²) in [5.41, 5.74) is 1.80. The number of anilines is 2. The summed E-state index contributed by atoms with van der Waals surface area (Å²) < 4.78 is 5.45. The van der Waals surface area contributed by atoms with Crippen molar-refractivity contribution >= 4 is 34.8 Å². The predicted molar refractivity (Wildman–Crippen MR) is 116 cm³/mol. The van der Waals surface area contributed by atoms with Crippen molar-refractivity contribution in [1.82, 2.24) is 4.90 Å². The molecule has 1 saturated heterocycles. The number of carbonyl (C=O) groups excluding carboxylic acids is 2. The molecule has 0 bridgehead atoms. The van der Waals surface area contributed by atoms with Gasteiger partial charge in [0.05, 0.1) is 0 Å². The molecule has 0 atom stereocenters. The summed E-state index contributed by atoms with van der Waals surface area (Å²) >= 11 is 5.83. The maximum Gasteiger partial charge on any atom is 0.262 e. The second kappa shape index (κ2) is 10.2. The van der Waals surface area contributed by atoms with Crippen molar-refractivity contribution < 1.29 is 14.3 Å². The van der Waals surface area contributed by atoms with Gasteiger partial charge in [0.15, 0.2) is 6.61 Å². The zero-order valence-electron chi connectivity index (χ0n) is 16.6. The van der Waals surface area contributed by atoms with E-state index in [2.05, 4.69) is 10.2 Å². The van der Waals surface area contributed by atoms with E-state index in [9.17, 15) is 9.59 Å². The summed E-state index contributed by atoms with van der Waals surface area (Å²) in [5.74, 6) is 0.609. The largest absolute Gasteiger partial charge is 0.484 e. The van der Waals surface area contributed by atoms with Gasteiger partial charge in [0, 0.05) is 49.0 Å². The highest BCUT2D eigenvalue weighted by Crippen LogP contribution is 2.20. The number of hydrogen-bond acceptors (Lipinski definition) is 4. The first-order valence-corrected chi connectivity index (χ1v) is 10.2. The van der Waals surface area contributed by atoms with Crippen LogP contribution < -0.4 is 15.0 Å². The fraction of sp³-hybridized carbons (Fsp3) is 0.364. The van der Waals surface area contributed by atoms with Crippen LogP contribution in [0.2, 0.25) is 5.02 Å². The number of rotatable bonds is 7. The molecule has 2 aromatic rings. The highest BCUT2D eigenvalue weighted by atomic mass is 35.5. The number of amides is 2. The SMILES string of the molecule is CCCC(=O)N1CCN(c2ccc(NC(=O)COc3ccc(Cl)cc3)cc2)CC1. The third-order valence-corrected chi connectivity index (χ3v) is 5.05. The summed E-state index contributed by atoms with van der Waals surface area (Å²) in [5, 5.41) is 3.45. The van der Waals surface area contributed by atoms with Crippen molar-refractivity contribution in [3.8, 4) is 5.75 Å². The van der Waals surface area contributed by atoms with Gasteiger partial charge < -0.3 is 19.9 Å². The maximum atomic E-state index is 12.1. The number of carbonyl (C=O) groups is 2. The molecular formula is C22H26ClN3O3. The van der Waals surface area contributed by atoms with E-state index in [4.69, 9.17) is 16.3 Å². The predicted octanol–water partition coefficient (Wildman–Crippen LogP) is 3.81. The summed E-state index contributed by atoms with van der Waals surface area (Å²) in [4.78, 5) is 28.3. The minimum absolute atomic E-state index is 0.0723. The highest BCUT2D eigenvalue weighted by molar-refractivity contribution is 6.30. The molecule has 2 aromatic carbocycles. The molecule has 0 aromatic heterocycles. The number of piperazine rings is 1. The lowest BCUT2D eigenvalue weighted by Crippen LogP contribution is -2.48. The van der Waals surface area contributed by atoms with Gasteiger partial charge in [-0.25, -0.2) is 0 Å². The molecule has 0 radical (unpaired) electrons. The minimum atomic E-state index is -0.226. The Kier molecular flexibility index (Phi) is 7.36. The number of halogens is 1. The van der Waals surface area contributed by atoms with Gasteiger partial charge in [-0.2, -0.15) is 0 Å². The van der Waals surface area contributed by atoms with Gasteiger partial charge in [-0.15, -0.1) is 0 Å². The standard InChI is InChI=1S/C22H26ClN3O3/c1-2-3-22(28)26-14-12-25(13-15-26)19-8-6-18(7-9-19)24-21(27)16-29-20-10-4-17(23)5-11-20/h4-11H,2-3,12-16H2,1H3,(H,24,27). The molecule has 1 N–H and O–H groups in total. The topological polar surface area (TPSA) is 61.9 Å². The Morgan fingerprint density at radius 1 is 1.00 bits per heavy atom. The van der Waals surface area contributed by atoms with Crippen LogP contribution in [0.5, 0.6) is 5.75 Å². The number of nitrogens with zero attached hydrogens (tertiary/aromatic N) is 2. The summed E-state index contributed by atoms with van der Waals surface area (Å²) in [6.07, 6.45) is 1.51. The van der Waals surface area contributed by atoms with Crippen molar-refractivity contribution in [3.63, 3.8) is 0 Å². The van der Waals surface area contributed by atoms with Crippen LogP contribution in [-0.4, -0.2) is 49.5 Å². The van der Waals surface area contributed by atoms with E-state index in [0.717, 1.165) is 44.0 Å². The van der Waals surface area contributed by atoms with Crippen molar-refractivity contribution in [2.75, 3.05) is 43.0 Å². The fourth-order valence-corrected chi connectivity index (χ4v) is 3.34. The molecule has 29 heavy (non-hydrogen) atoms. The van der Waals surface area contributed by atoms with Gasteiger partial charge in [0.2, 0.25) is 5.91 Å². The Hall–Kier alpha value is -2.73. The first-order chi connectivity index (χ1) is 14.0. The molecule has 1 fully saturated rings. The monoisotopic (exact) mass is 415 g/mol. The number of nitrogens with one attached hydrogen (secondary N) is 1. The molecule has 6 nitrogen and oxygen atoms in total. The van der Waals surface area contributed by atoms with Crippen LogP contribution in [0.15, 0.2) is 48.5 Å². The van der Waals surface area contributed by atoms with Gasteiger partial charge >= 0.3 is 0 Å². The Bertz CT molecular complexity index is 816. The van der Waals surface area contributed by atoms with Gasteiger partial charge in [-0.1, -0.05) is 18.5 Å². The molecular weight excluding hydrogens is 390 g/mol. The molecule has 0 unspecified atom stereocenters. The van der Waals surface area contributed by atoms with Crippen LogP contribution in [-0.2, 0) is 9.59 Å².